The molecule has 0 heterocycles. The lowest BCUT2D eigenvalue weighted by Gasteiger charge is -2.14. The summed E-state index contributed by atoms with van der Waals surface area (Å²) in [5.41, 5.74) is 6.30. The van der Waals surface area contributed by atoms with Gasteiger partial charge in [-0.3, -0.25) is 4.79 Å². The molecule has 0 aromatic heterocycles. The zero-order valence-electron chi connectivity index (χ0n) is 15.6. The number of hydrogen-bond acceptors (Lipinski definition) is 3. The molecule has 144 valence electrons. The first-order valence-corrected chi connectivity index (χ1v) is 9.34. The molecule has 0 fully saturated rings. The second kappa shape index (κ2) is 12.6. The average Bonchev–Trinajstić information content (AvgIpc) is 2.62. The molecule has 0 radical (unpaired) electrons. The number of benzene rings is 2. The van der Waals surface area contributed by atoms with Crippen LogP contribution in [0.15, 0.2) is 36.4 Å². The smallest absolute Gasteiger partial charge is 0.255 e. The molecular formula is C21H31ClN2O2. The second-order valence-corrected chi connectivity index (χ2v) is 6.46. The number of amides is 1. The number of hydrogen-bond donors (Lipinski definition) is 2. The molecule has 0 saturated carbocycles. The zero-order valence-corrected chi connectivity index (χ0v) is 16.4. The van der Waals surface area contributed by atoms with E-state index in [1.165, 1.54) is 43.9 Å². The summed E-state index contributed by atoms with van der Waals surface area (Å²) in [7, 11) is 0. The lowest BCUT2D eigenvalue weighted by Crippen LogP contribution is -2.21. The summed E-state index contributed by atoms with van der Waals surface area (Å²) < 4.78 is 5.61. The summed E-state index contributed by atoms with van der Waals surface area (Å²) in [5, 5.41) is 5.84. The largest absolute Gasteiger partial charge is 0.483 e. The molecule has 0 saturated heterocycles. The van der Waals surface area contributed by atoms with Crippen LogP contribution in [0.1, 0.15) is 51.0 Å². The minimum atomic E-state index is -0.459. The van der Waals surface area contributed by atoms with Crippen molar-refractivity contribution < 1.29 is 9.53 Å². The van der Waals surface area contributed by atoms with Crippen LogP contribution in [0, 0.1) is 0 Å². The first-order valence-electron chi connectivity index (χ1n) is 9.34. The summed E-state index contributed by atoms with van der Waals surface area (Å²) >= 11 is 0. The van der Waals surface area contributed by atoms with Crippen LogP contribution in [0.2, 0.25) is 0 Å². The molecule has 2 aromatic carbocycles. The van der Waals surface area contributed by atoms with Gasteiger partial charge in [0.1, 0.15) is 5.75 Å². The van der Waals surface area contributed by atoms with E-state index >= 15 is 0 Å². The fourth-order valence-corrected chi connectivity index (χ4v) is 3.03. The standard InChI is InChI=1S/C21H30N2O2.ClH/c1-2-3-4-5-6-9-14-23-15-19-18-11-8-7-10-17(18)12-13-20(19)25-16-21(22)24;/h7-8,10-13,23H,2-6,9,14-16H2,1H3,(H2,22,24);1H. The Morgan fingerprint density at radius 1 is 1.04 bits per heavy atom. The Labute approximate surface area is 162 Å². The Morgan fingerprint density at radius 3 is 2.54 bits per heavy atom. The van der Waals surface area contributed by atoms with Gasteiger partial charge in [-0.2, -0.15) is 0 Å². The maximum absolute atomic E-state index is 11.0. The highest BCUT2D eigenvalue weighted by Gasteiger charge is 2.09. The predicted molar refractivity (Wildman–Crippen MR) is 111 cm³/mol. The lowest BCUT2D eigenvalue weighted by molar-refractivity contribution is -0.119. The molecule has 4 nitrogen and oxygen atoms in total. The van der Waals surface area contributed by atoms with Crippen LogP contribution in [-0.4, -0.2) is 19.1 Å². The lowest BCUT2D eigenvalue weighted by atomic mass is 10.0. The van der Waals surface area contributed by atoms with Crippen molar-refractivity contribution >= 4 is 29.1 Å². The molecule has 5 heteroatoms. The molecule has 1 amide bonds. The topological polar surface area (TPSA) is 64.3 Å². The van der Waals surface area contributed by atoms with Crippen molar-refractivity contribution in [1.82, 2.24) is 5.32 Å². The van der Waals surface area contributed by atoms with Crippen LogP contribution >= 0.6 is 12.4 Å². The molecule has 0 bridgehead atoms. The van der Waals surface area contributed by atoms with Crippen LogP contribution in [0.25, 0.3) is 10.8 Å². The van der Waals surface area contributed by atoms with Crippen LogP contribution in [0.4, 0.5) is 0 Å². The van der Waals surface area contributed by atoms with E-state index in [4.69, 9.17) is 10.5 Å². The summed E-state index contributed by atoms with van der Waals surface area (Å²) in [5.74, 6) is 0.270. The molecule has 0 unspecified atom stereocenters. The third kappa shape index (κ3) is 7.22. The fourth-order valence-electron chi connectivity index (χ4n) is 3.03. The van der Waals surface area contributed by atoms with E-state index in [-0.39, 0.29) is 19.0 Å². The number of nitrogens with one attached hydrogen (secondary N) is 1. The Balaban J connectivity index is 0.00000338. The van der Waals surface area contributed by atoms with Gasteiger partial charge in [0.15, 0.2) is 6.61 Å². The number of fused-ring (bicyclic) bond motifs is 1. The number of carbonyl (C=O) groups excluding carboxylic acids is 1. The van der Waals surface area contributed by atoms with Crippen molar-refractivity contribution in [3.8, 4) is 5.75 Å². The number of nitrogens with two attached hydrogens (primary N) is 1. The molecule has 26 heavy (non-hydrogen) atoms. The van der Waals surface area contributed by atoms with E-state index in [0.29, 0.717) is 0 Å². The number of carbonyl (C=O) groups is 1. The van der Waals surface area contributed by atoms with Crippen LogP contribution in [0.3, 0.4) is 0 Å². The van der Waals surface area contributed by atoms with Gasteiger partial charge >= 0.3 is 0 Å². The minimum Gasteiger partial charge on any atom is -0.483 e. The Morgan fingerprint density at radius 2 is 1.77 bits per heavy atom. The second-order valence-electron chi connectivity index (χ2n) is 6.46. The van der Waals surface area contributed by atoms with E-state index in [0.717, 1.165) is 29.8 Å². The fraction of sp³-hybridized carbons (Fsp3) is 0.476. The van der Waals surface area contributed by atoms with Crippen LogP contribution in [0.5, 0.6) is 5.75 Å². The number of rotatable bonds is 12. The number of unbranched alkanes of at least 4 members (excludes halogenated alkanes) is 5. The van der Waals surface area contributed by atoms with Gasteiger partial charge in [0.25, 0.3) is 5.91 Å². The van der Waals surface area contributed by atoms with Gasteiger partial charge in [0, 0.05) is 12.1 Å². The van der Waals surface area contributed by atoms with Crippen molar-refractivity contribution in [2.75, 3.05) is 13.2 Å². The predicted octanol–water partition coefficient (Wildman–Crippen LogP) is 4.58. The molecule has 2 rings (SSSR count). The number of halogens is 1. The Bertz CT molecular complexity index is 676. The third-order valence-electron chi connectivity index (χ3n) is 4.38. The summed E-state index contributed by atoms with van der Waals surface area (Å²) in [6.07, 6.45) is 7.73. The summed E-state index contributed by atoms with van der Waals surface area (Å²) in [6.45, 7) is 3.86. The van der Waals surface area contributed by atoms with Gasteiger partial charge in [-0.1, -0.05) is 69.4 Å². The van der Waals surface area contributed by atoms with Gasteiger partial charge in [0.2, 0.25) is 0 Å². The normalized spacial score (nSPS) is 10.5. The highest BCUT2D eigenvalue weighted by Crippen LogP contribution is 2.28. The highest BCUT2D eigenvalue weighted by atomic mass is 35.5. The van der Waals surface area contributed by atoms with Crippen molar-refractivity contribution in [3.63, 3.8) is 0 Å². The number of primary amides is 1. The Hall–Kier alpha value is -1.78. The Kier molecular flexibility index (Phi) is 10.7. The van der Waals surface area contributed by atoms with E-state index in [2.05, 4.69) is 24.4 Å². The van der Waals surface area contributed by atoms with Gasteiger partial charge in [0.05, 0.1) is 0 Å². The maximum Gasteiger partial charge on any atom is 0.255 e. The maximum atomic E-state index is 11.0. The third-order valence-corrected chi connectivity index (χ3v) is 4.38. The average molecular weight is 379 g/mol. The highest BCUT2D eigenvalue weighted by molar-refractivity contribution is 5.88. The molecule has 0 aliphatic rings. The quantitative estimate of drug-likeness (QED) is 0.531. The van der Waals surface area contributed by atoms with Crippen LogP contribution in [-0.2, 0) is 11.3 Å². The van der Waals surface area contributed by atoms with Gasteiger partial charge in [-0.15, -0.1) is 12.4 Å². The van der Waals surface area contributed by atoms with Crippen molar-refractivity contribution in [2.24, 2.45) is 5.73 Å². The monoisotopic (exact) mass is 378 g/mol. The van der Waals surface area contributed by atoms with Gasteiger partial charge < -0.3 is 15.8 Å². The molecule has 0 atom stereocenters. The number of ether oxygens (including phenoxy) is 1. The SMILES string of the molecule is CCCCCCCCNCc1c(OCC(N)=O)ccc2ccccc12.Cl. The minimum absolute atomic E-state index is 0. The van der Waals surface area contributed by atoms with E-state index in [1.54, 1.807) is 0 Å². The first-order chi connectivity index (χ1) is 12.2. The van der Waals surface area contributed by atoms with Crippen molar-refractivity contribution in [3.05, 3.63) is 42.0 Å². The first kappa shape index (κ1) is 22.3. The molecule has 3 N–H and O–H groups in total. The summed E-state index contributed by atoms with van der Waals surface area (Å²) in [4.78, 5) is 11.0. The van der Waals surface area contributed by atoms with Crippen LogP contribution < -0.4 is 15.8 Å². The van der Waals surface area contributed by atoms with E-state index < -0.39 is 5.91 Å². The summed E-state index contributed by atoms with van der Waals surface area (Å²) in [6, 6.07) is 12.2. The van der Waals surface area contributed by atoms with Gasteiger partial charge in [-0.05, 0) is 29.8 Å². The van der Waals surface area contributed by atoms with Gasteiger partial charge in [-0.25, -0.2) is 0 Å². The molecule has 2 aromatic rings. The van der Waals surface area contributed by atoms with Crippen molar-refractivity contribution in [2.45, 2.75) is 52.0 Å². The molecule has 0 aliphatic carbocycles. The molecule has 0 aliphatic heterocycles. The van der Waals surface area contributed by atoms with E-state index in [9.17, 15) is 4.79 Å². The molecular weight excluding hydrogens is 348 g/mol. The zero-order chi connectivity index (χ0) is 17.9. The van der Waals surface area contributed by atoms with E-state index in [1.807, 2.05) is 24.3 Å². The molecule has 0 spiro atoms. The van der Waals surface area contributed by atoms with Crippen molar-refractivity contribution in [1.29, 1.82) is 0 Å².